The van der Waals surface area contributed by atoms with Crippen LogP contribution in [0.5, 0.6) is 5.75 Å². The van der Waals surface area contributed by atoms with Gasteiger partial charge in [-0.25, -0.2) is 9.78 Å². The Bertz CT molecular complexity index is 861. The molecule has 1 amide bonds. The molecule has 3 rings (SSSR count). The molecule has 0 aliphatic carbocycles. The van der Waals surface area contributed by atoms with Gasteiger partial charge >= 0.3 is 5.97 Å². The monoisotopic (exact) mass is 388 g/mol. The fourth-order valence-electron chi connectivity index (χ4n) is 2.89. The van der Waals surface area contributed by atoms with Crippen molar-refractivity contribution in [2.75, 3.05) is 11.5 Å². The Morgan fingerprint density at radius 3 is 2.74 bits per heavy atom. The van der Waals surface area contributed by atoms with Crippen LogP contribution in [0, 0.1) is 12.8 Å². The minimum absolute atomic E-state index is 0.229. The zero-order chi connectivity index (χ0) is 19.7. The Hall–Kier alpha value is -2.41. The number of carbonyl (C=O) groups excluding carboxylic acids is 2. The fourth-order valence-corrected chi connectivity index (χ4v) is 3.51. The summed E-state index contributed by atoms with van der Waals surface area (Å²) in [7, 11) is 0. The lowest BCUT2D eigenvalue weighted by molar-refractivity contribution is -0.147. The predicted molar refractivity (Wildman–Crippen MR) is 105 cm³/mol. The van der Waals surface area contributed by atoms with Crippen LogP contribution in [-0.4, -0.2) is 35.6 Å². The van der Waals surface area contributed by atoms with Gasteiger partial charge in [-0.05, 0) is 44.9 Å². The molecular weight excluding hydrogens is 364 g/mol. The Morgan fingerprint density at radius 2 is 2.11 bits per heavy atom. The molecular formula is C20H24N2O4S. The summed E-state index contributed by atoms with van der Waals surface area (Å²) >= 11 is 1.56. The highest BCUT2D eigenvalue weighted by Gasteiger charge is 2.38. The molecule has 6 nitrogen and oxygen atoms in total. The number of esters is 1. The first kappa shape index (κ1) is 19.4. The molecule has 2 atom stereocenters. The van der Waals surface area contributed by atoms with E-state index in [2.05, 4.69) is 4.98 Å². The van der Waals surface area contributed by atoms with Crippen molar-refractivity contribution in [2.45, 2.75) is 46.8 Å². The van der Waals surface area contributed by atoms with Crippen molar-refractivity contribution in [3.05, 3.63) is 28.6 Å². The molecule has 2 aromatic rings. The van der Waals surface area contributed by atoms with Gasteiger partial charge in [0.1, 0.15) is 11.8 Å². The molecule has 2 unspecified atom stereocenters. The molecule has 0 bridgehead atoms. The number of benzene rings is 1. The Balaban J connectivity index is 1.97. The zero-order valence-corrected chi connectivity index (χ0v) is 17.0. The third-order valence-corrected chi connectivity index (χ3v) is 5.08. The minimum atomic E-state index is -0.742. The summed E-state index contributed by atoms with van der Waals surface area (Å²) in [6.07, 6.45) is -0.662. The van der Waals surface area contributed by atoms with E-state index in [1.54, 1.807) is 25.2 Å². The van der Waals surface area contributed by atoms with E-state index in [-0.39, 0.29) is 11.8 Å². The quantitative estimate of drug-likeness (QED) is 0.729. The van der Waals surface area contributed by atoms with Crippen LogP contribution >= 0.6 is 11.3 Å². The lowest BCUT2D eigenvalue weighted by Gasteiger charge is -2.36. The molecule has 1 aliphatic heterocycles. The first-order chi connectivity index (χ1) is 12.8. The average molecular weight is 388 g/mol. The van der Waals surface area contributed by atoms with Crippen LogP contribution in [0.1, 0.15) is 32.7 Å². The summed E-state index contributed by atoms with van der Waals surface area (Å²) in [5.41, 5.74) is 2.27. The second-order valence-corrected chi connectivity index (χ2v) is 8.16. The summed E-state index contributed by atoms with van der Waals surface area (Å²) < 4.78 is 11.1. The number of hydrogen-bond acceptors (Lipinski definition) is 6. The highest BCUT2D eigenvalue weighted by molar-refractivity contribution is 7.09. The van der Waals surface area contributed by atoms with Crippen molar-refractivity contribution in [3.63, 3.8) is 0 Å². The maximum absolute atomic E-state index is 12.8. The van der Waals surface area contributed by atoms with E-state index in [1.165, 1.54) is 4.90 Å². The van der Waals surface area contributed by atoms with E-state index in [4.69, 9.17) is 9.47 Å². The molecule has 7 heteroatoms. The van der Waals surface area contributed by atoms with Gasteiger partial charge in [0, 0.05) is 10.9 Å². The smallest absolute Gasteiger partial charge is 0.328 e. The highest BCUT2D eigenvalue weighted by Crippen LogP contribution is 2.39. The normalized spacial score (nSPS) is 17.5. The molecule has 0 radical (unpaired) electrons. The lowest BCUT2D eigenvalue weighted by Crippen LogP contribution is -2.52. The number of ether oxygens (including phenoxy) is 2. The Kier molecular flexibility index (Phi) is 5.51. The van der Waals surface area contributed by atoms with Crippen molar-refractivity contribution in [2.24, 2.45) is 5.92 Å². The van der Waals surface area contributed by atoms with Crippen molar-refractivity contribution in [3.8, 4) is 17.0 Å². The number of rotatable bonds is 5. The molecule has 144 valence electrons. The van der Waals surface area contributed by atoms with Crippen molar-refractivity contribution in [1.29, 1.82) is 0 Å². The topological polar surface area (TPSA) is 68.7 Å². The molecule has 0 saturated carbocycles. The fraction of sp³-hybridized carbons (Fsp3) is 0.450. The maximum Gasteiger partial charge on any atom is 0.328 e. The predicted octanol–water partition coefficient (Wildman–Crippen LogP) is 3.82. The van der Waals surface area contributed by atoms with E-state index in [1.807, 2.05) is 44.4 Å². The largest absolute Gasteiger partial charge is 0.479 e. The molecule has 1 aromatic heterocycles. The van der Waals surface area contributed by atoms with Crippen LogP contribution in [-0.2, 0) is 14.3 Å². The second kappa shape index (κ2) is 7.68. The molecule has 0 N–H and O–H groups in total. The van der Waals surface area contributed by atoms with Gasteiger partial charge in [0.2, 0.25) is 0 Å². The van der Waals surface area contributed by atoms with Crippen LogP contribution < -0.4 is 9.64 Å². The van der Waals surface area contributed by atoms with Gasteiger partial charge < -0.3 is 9.47 Å². The Morgan fingerprint density at radius 1 is 1.37 bits per heavy atom. The van der Waals surface area contributed by atoms with Crippen LogP contribution in [0.15, 0.2) is 23.6 Å². The van der Waals surface area contributed by atoms with E-state index >= 15 is 0 Å². The summed E-state index contributed by atoms with van der Waals surface area (Å²) in [6.45, 7) is 9.57. The second-order valence-electron chi connectivity index (χ2n) is 7.10. The van der Waals surface area contributed by atoms with Crippen LogP contribution in [0.4, 0.5) is 5.69 Å². The molecule has 0 saturated heterocycles. The van der Waals surface area contributed by atoms with E-state index in [0.717, 1.165) is 16.3 Å². The number of aromatic nitrogens is 1. The van der Waals surface area contributed by atoms with E-state index in [0.29, 0.717) is 18.0 Å². The number of thiazole rings is 1. The summed E-state index contributed by atoms with van der Waals surface area (Å²) in [4.78, 5) is 31.3. The number of hydrogen-bond donors (Lipinski definition) is 0. The average Bonchev–Trinajstić information content (AvgIpc) is 3.06. The molecule has 0 fully saturated rings. The standard InChI is InChI=1S/C20H24N2O4S/c1-11(2)9-25-20(24)12(3)22-17-8-15(16-10-27-14(5)21-16)6-7-18(17)26-13(4)19(22)23/h6-8,10-13H,9H2,1-5H3. The third kappa shape index (κ3) is 3.98. The maximum atomic E-state index is 12.8. The van der Waals surface area contributed by atoms with Crippen molar-refractivity contribution in [1.82, 2.24) is 4.98 Å². The van der Waals surface area contributed by atoms with Gasteiger partial charge in [-0.2, -0.15) is 0 Å². The SMILES string of the molecule is Cc1nc(-c2ccc3c(c2)N(C(C)C(=O)OCC(C)C)C(=O)C(C)O3)cs1. The number of anilines is 1. The van der Waals surface area contributed by atoms with Gasteiger partial charge in [0.05, 0.1) is 23.0 Å². The molecule has 1 aliphatic rings. The molecule has 0 spiro atoms. The van der Waals surface area contributed by atoms with Crippen molar-refractivity contribution >= 4 is 28.9 Å². The summed E-state index contributed by atoms with van der Waals surface area (Å²) in [6, 6.07) is 4.84. The lowest BCUT2D eigenvalue weighted by atomic mass is 10.1. The van der Waals surface area contributed by atoms with Gasteiger partial charge in [-0.1, -0.05) is 13.8 Å². The number of aryl methyl sites for hydroxylation is 1. The first-order valence-corrected chi connectivity index (χ1v) is 9.88. The molecule has 1 aromatic carbocycles. The Labute approximate surface area is 163 Å². The van der Waals surface area contributed by atoms with Gasteiger partial charge in [0.25, 0.3) is 5.91 Å². The first-order valence-electron chi connectivity index (χ1n) is 9.01. The van der Waals surface area contributed by atoms with E-state index in [9.17, 15) is 9.59 Å². The molecule has 27 heavy (non-hydrogen) atoms. The van der Waals surface area contributed by atoms with Gasteiger partial charge in [0.15, 0.2) is 6.10 Å². The summed E-state index contributed by atoms with van der Waals surface area (Å²) in [5.74, 6) is 0.115. The number of fused-ring (bicyclic) bond motifs is 1. The number of carbonyl (C=O) groups is 2. The summed E-state index contributed by atoms with van der Waals surface area (Å²) in [5, 5.41) is 2.93. The van der Waals surface area contributed by atoms with E-state index < -0.39 is 18.1 Å². The van der Waals surface area contributed by atoms with Crippen molar-refractivity contribution < 1.29 is 19.1 Å². The minimum Gasteiger partial charge on any atom is -0.479 e. The molecule has 2 heterocycles. The zero-order valence-electron chi connectivity index (χ0n) is 16.2. The van der Waals surface area contributed by atoms with Crippen LogP contribution in [0.25, 0.3) is 11.3 Å². The third-order valence-electron chi connectivity index (χ3n) is 4.31. The number of nitrogens with zero attached hydrogens (tertiary/aromatic N) is 2. The van der Waals surface area contributed by atoms with Gasteiger partial charge in [-0.3, -0.25) is 9.69 Å². The van der Waals surface area contributed by atoms with Crippen LogP contribution in [0.3, 0.4) is 0 Å². The highest BCUT2D eigenvalue weighted by atomic mass is 32.1. The number of amides is 1. The van der Waals surface area contributed by atoms with Crippen LogP contribution in [0.2, 0.25) is 0 Å². The van der Waals surface area contributed by atoms with Gasteiger partial charge in [-0.15, -0.1) is 11.3 Å².